The van der Waals surface area contributed by atoms with Crippen LogP contribution in [-0.2, 0) is 6.54 Å². The number of ether oxygens (including phenoxy) is 1. The number of nitrogens with one attached hydrogen (secondary N) is 1. The average Bonchev–Trinajstić information content (AvgIpc) is 2.79. The van der Waals surface area contributed by atoms with Gasteiger partial charge in [-0.1, -0.05) is 5.16 Å². The van der Waals surface area contributed by atoms with Crippen LogP contribution in [-0.4, -0.2) is 21.7 Å². The zero-order chi connectivity index (χ0) is 12.1. The molecule has 0 aliphatic heterocycles. The Morgan fingerprint density at radius 3 is 3.00 bits per heavy atom. The maximum atomic E-state index is 5.34. The molecule has 0 aliphatic carbocycles. The highest BCUT2D eigenvalue weighted by atomic mass is 16.5. The second-order valence-corrected chi connectivity index (χ2v) is 3.42. The molecule has 0 atom stereocenters. The Hall–Kier alpha value is -2.11. The molecule has 0 spiro atoms. The van der Waals surface area contributed by atoms with Crippen molar-refractivity contribution in [2.24, 2.45) is 0 Å². The molecule has 90 valence electrons. The van der Waals surface area contributed by atoms with Crippen molar-refractivity contribution in [3.05, 3.63) is 29.9 Å². The summed E-state index contributed by atoms with van der Waals surface area (Å²) in [5, 5.41) is 6.93. The molecule has 0 aliphatic rings. The van der Waals surface area contributed by atoms with Crippen molar-refractivity contribution in [2.45, 2.75) is 20.4 Å². The zero-order valence-corrected chi connectivity index (χ0v) is 9.80. The first kappa shape index (κ1) is 11.4. The lowest BCUT2D eigenvalue weighted by Gasteiger charge is -2.07. The summed E-state index contributed by atoms with van der Waals surface area (Å²) in [4.78, 5) is 8.42. The van der Waals surface area contributed by atoms with E-state index < -0.39 is 0 Å². The van der Waals surface area contributed by atoms with Gasteiger partial charge in [0.25, 0.3) is 0 Å². The third-order valence-corrected chi connectivity index (χ3v) is 2.05. The molecule has 0 unspecified atom stereocenters. The Labute approximate surface area is 99.0 Å². The van der Waals surface area contributed by atoms with E-state index in [4.69, 9.17) is 9.26 Å². The molecule has 0 amide bonds. The van der Waals surface area contributed by atoms with Crippen molar-refractivity contribution in [2.75, 3.05) is 11.9 Å². The minimum absolute atomic E-state index is 0.554. The molecular formula is C11H14N4O2. The van der Waals surface area contributed by atoms with Crippen LogP contribution in [0.3, 0.4) is 0 Å². The summed E-state index contributed by atoms with van der Waals surface area (Å²) in [6.45, 7) is 4.88. The van der Waals surface area contributed by atoms with E-state index in [-0.39, 0.29) is 0 Å². The second-order valence-electron chi connectivity index (χ2n) is 3.42. The van der Waals surface area contributed by atoms with Crippen molar-refractivity contribution in [3.63, 3.8) is 0 Å². The van der Waals surface area contributed by atoms with E-state index >= 15 is 0 Å². The number of rotatable bonds is 5. The van der Waals surface area contributed by atoms with E-state index in [0.717, 1.165) is 5.69 Å². The number of aryl methyl sites for hydroxylation is 1. The molecular weight excluding hydrogens is 220 g/mol. The van der Waals surface area contributed by atoms with Gasteiger partial charge in [0, 0.05) is 12.1 Å². The largest absolute Gasteiger partial charge is 0.478 e. The molecule has 2 heterocycles. The third kappa shape index (κ3) is 3.17. The summed E-state index contributed by atoms with van der Waals surface area (Å²) < 4.78 is 10.1. The van der Waals surface area contributed by atoms with Crippen LogP contribution in [0.5, 0.6) is 5.88 Å². The minimum atomic E-state index is 0.554. The van der Waals surface area contributed by atoms with Crippen molar-refractivity contribution < 1.29 is 9.26 Å². The van der Waals surface area contributed by atoms with Crippen molar-refractivity contribution >= 4 is 5.82 Å². The summed E-state index contributed by atoms with van der Waals surface area (Å²) >= 11 is 0. The molecule has 2 aromatic heterocycles. The van der Waals surface area contributed by atoms with E-state index in [1.807, 2.05) is 13.8 Å². The normalized spacial score (nSPS) is 10.2. The maximum absolute atomic E-state index is 5.34. The highest BCUT2D eigenvalue weighted by molar-refractivity contribution is 5.38. The Bertz CT molecular complexity index is 470. The smallest absolute Gasteiger partial charge is 0.218 e. The fourth-order valence-corrected chi connectivity index (χ4v) is 1.36. The molecule has 2 aromatic rings. The van der Waals surface area contributed by atoms with Gasteiger partial charge < -0.3 is 14.6 Å². The van der Waals surface area contributed by atoms with Gasteiger partial charge in [-0.05, 0) is 13.8 Å². The van der Waals surface area contributed by atoms with Crippen molar-refractivity contribution in [3.8, 4) is 5.88 Å². The van der Waals surface area contributed by atoms with Gasteiger partial charge in [0.2, 0.25) is 5.88 Å². The summed E-state index contributed by atoms with van der Waals surface area (Å²) in [6, 6.07) is 3.56. The number of nitrogens with zero attached hydrogens (tertiary/aromatic N) is 3. The first-order valence-electron chi connectivity index (χ1n) is 5.39. The molecule has 17 heavy (non-hydrogen) atoms. The summed E-state index contributed by atoms with van der Waals surface area (Å²) in [7, 11) is 0. The third-order valence-electron chi connectivity index (χ3n) is 2.05. The number of aromatic nitrogens is 3. The number of anilines is 1. The van der Waals surface area contributed by atoms with Gasteiger partial charge in [0.1, 0.15) is 23.6 Å². The lowest BCUT2D eigenvalue weighted by atomic mass is 10.4. The van der Waals surface area contributed by atoms with E-state index in [2.05, 4.69) is 20.4 Å². The molecule has 0 radical (unpaired) electrons. The van der Waals surface area contributed by atoms with Gasteiger partial charge in [-0.2, -0.15) is 4.98 Å². The van der Waals surface area contributed by atoms with Crippen LogP contribution in [0.15, 0.2) is 22.9 Å². The predicted octanol–water partition coefficient (Wildman–Crippen LogP) is 1.78. The van der Waals surface area contributed by atoms with Crippen LogP contribution in [0.25, 0.3) is 0 Å². The predicted molar refractivity (Wildman–Crippen MR) is 61.8 cm³/mol. The Kier molecular flexibility index (Phi) is 3.54. The molecule has 6 heteroatoms. The summed E-state index contributed by atoms with van der Waals surface area (Å²) in [5.74, 6) is 1.95. The summed E-state index contributed by atoms with van der Waals surface area (Å²) in [6.07, 6.45) is 1.54. The average molecular weight is 234 g/mol. The molecule has 0 aromatic carbocycles. The van der Waals surface area contributed by atoms with E-state index in [9.17, 15) is 0 Å². The molecule has 0 bridgehead atoms. The van der Waals surface area contributed by atoms with E-state index in [1.54, 1.807) is 12.1 Å². The van der Waals surface area contributed by atoms with Crippen molar-refractivity contribution in [1.29, 1.82) is 0 Å². The van der Waals surface area contributed by atoms with Crippen LogP contribution in [0.1, 0.15) is 18.4 Å². The molecule has 0 saturated heterocycles. The molecule has 0 fully saturated rings. The van der Waals surface area contributed by atoms with Crippen LogP contribution >= 0.6 is 0 Å². The first-order chi connectivity index (χ1) is 8.28. The van der Waals surface area contributed by atoms with Crippen LogP contribution in [0.4, 0.5) is 5.82 Å². The quantitative estimate of drug-likeness (QED) is 0.850. The maximum Gasteiger partial charge on any atom is 0.218 e. The van der Waals surface area contributed by atoms with Crippen LogP contribution < -0.4 is 10.1 Å². The molecule has 2 rings (SSSR count). The zero-order valence-electron chi connectivity index (χ0n) is 9.80. The van der Waals surface area contributed by atoms with Crippen LogP contribution in [0, 0.1) is 6.92 Å². The van der Waals surface area contributed by atoms with Crippen LogP contribution in [0.2, 0.25) is 0 Å². The Balaban J connectivity index is 2.04. The van der Waals surface area contributed by atoms with Gasteiger partial charge in [-0.3, -0.25) is 0 Å². The molecule has 1 N–H and O–H groups in total. The first-order valence-corrected chi connectivity index (χ1v) is 5.39. The Morgan fingerprint density at radius 2 is 2.29 bits per heavy atom. The monoisotopic (exact) mass is 234 g/mol. The lowest BCUT2D eigenvalue weighted by Crippen LogP contribution is -2.05. The highest BCUT2D eigenvalue weighted by Gasteiger charge is 2.03. The second kappa shape index (κ2) is 5.29. The highest BCUT2D eigenvalue weighted by Crippen LogP contribution is 2.13. The number of hydrogen-bond donors (Lipinski definition) is 1. The van der Waals surface area contributed by atoms with Gasteiger partial charge >= 0.3 is 0 Å². The van der Waals surface area contributed by atoms with Crippen molar-refractivity contribution in [1.82, 2.24) is 15.1 Å². The fraction of sp³-hybridized carbons (Fsp3) is 0.364. The topological polar surface area (TPSA) is 73.1 Å². The number of hydrogen-bond acceptors (Lipinski definition) is 6. The van der Waals surface area contributed by atoms with Gasteiger partial charge in [-0.15, -0.1) is 0 Å². The van der Waals surface area contributed by atoms with Gasteiger partial charge in [0.05, 0.1) is 13.2 Å². The lowest BCUT2D eigenvalue weighted by molar-refractivity contribution is 0.325. The molecule has 6 nitrogen and oxygen atoms in total. The Morgan fingerprint density at radius 1 is 1.41 bits per heavy atom. The summed E-state index contributed by atoms with van der Waals surface area (Å²) in [5.41, 5.74) is 0.819. The van der Waals surface area contributed by atoms with E-state index in [1.165, 1.54) is 6.26 Å². The fourth-order valence-electron chi connectivity index (χ4n) is 1.36. The standard InChI is InChI=1S/C11H14N4O2/c1-3-16-11-6-10(13-8(2)14-11)12-7-9-4-5-17-15-9/h4-6H,3,7H2,1-2H3,(H,12,13,14). The molecule has 0 saturated carbocycles. The van der Waals surface area contributed by atoms with Gasteiger partial charge in [0.15, 0.2) is 0 Å². The minimum Gasteiger partial charge on any atom is -0.478 e. The van der Waals surface area contributed by atoms with Gasteiger partial charge in [-0.25, -0.2) is 4.98 Å². The SMILES string of the molecule is CCOc1cc(NCc2ccon2)nc(C)n1. The van der Waals surface area contributed by atoms with E-state index in [0.29, 0.717) is 30.7 Å².